The van der Waals surface area contributed by atoms with Crippen molar-refractivity contribution in [1.29, 1.82) is 5.26 Å². The van der Waals surface area contributed by atoms with Crippen LogP contribution >= 0.6 is 0 Å². The molecule has 2 N–H and O–H groups in total. The summed E-state index contributed by atoms with van der Waals surface area (Å²) < 4.78 is 5.39. The van der Waals surface area contributed by atoms with E-state index in [4.69, 9.17) is 15.7 Å². The van der Waals surface area contributed by atoms with Gasteiger partial charge in [0.15, 0.2) is 0 Å². The van der Waals surface area contributed by atoms with Crippen LogP contribution in [0.25, 0.3) is 0 Å². The van der Waals surface area contributed by atoms with Crippen LogP contribution in [-0.4, -0.2) is 6.61 Å². The third kappa shape index (κ3) is 1.39. The molecule has 1 atom stereocenters. The summed E-state index contributed by atoms with van der Waals surface area (Å²) in [6.45, 7) is 1.03. The molecule has 3 heteroatoms. The summed E-state index contributed by atoms with van der Waals surface area (Å²) in [5.41, 5.74) is 7.66. The molecule has 14 heavy (non-hydrogen) atoms. The summed E-state index contributed by atoms with van der Waals surface area (Å²) in [6.07, 6.45) is 0.296. The first-order valence-electron chi connectivity index (χ1n) is 4.58. The van der Waals surface area contributed by atoms with Gasteiger partial charge in [-0.05, 0) is 11.1 Å². The van der Waals surface area contributed by atoms with Crippen molar-refractivity contribution in [3.05, 3.63) is 35.4 Å². The van der Waals surface area contributed by atoms with Gasteiger partial charge in [0.1, 0.15) is 0 Å². The number of ether oxygens (including phenoxy) is 1. The molecular formula is C11H12N2O. The number of hydrogen-bond acceptors (Lipinski definition) is 3. The summed E-state index contributed by atoms with van der Waals surface area (Å²) in [5, 5.41) is 8.72. The van der Waals surface area contributed by atoms with Gasteiger partial charge < -0.3 is 10.5 Å². The number of benzene rings is 1. The van der Waals surface area contributed by atoms with Crippen LogP contribution < -0.4 is 5.73 Å². The molecule has 2 rings (SSSR count). The highest BCUT2D eigenvalue weighted by Crippen LogP contribution is 2.30. The average Bonchev–Trinajstić information content (AvgIpc) is 2.19. The monoisotopic (exact) mass is 188 g/mol. The second-order valence-electron chi connectivity index (χ2n) is 3.64. The molecule has 1 heterocycles. The van der Waals surface area contributed by atoms with E-state index in [1.165, 1.54) is 0 Å². The first-order chi connectivity index (χ1) is 6.76. The zero-order valence-corrected chi connectivity index (χ0v) is 7.86. The number of rotatable bonds is 1. The highest BCUT2D eigenvalue weighted by molar-refractivity contribution is 5.35. The first-order valence-corrected chi connectivity index (χ1v) is 4.58. The van der Waals surface area contributed by atoms with Crippen molar-refractivity contribution in [1.82, 2.24) is 0 Å². The summed E-state index contributed by atoms with van der Waals surface area (Å²) in [4.78, 5) is 0. The molecule has 1 aliphatic rings. The molecule has 0 saturated carbocycles. The van der Waals surface area contributed by atoms with Gasteiger partial charge in [0, 0.05) is 0 Å². The Balaban J connectivity index is 2.45. The molecule has 1 aromatic carbocycles. The molecule has 0 aliphatic carbocycles. The fourth-order valence-electron chi connectivity index (χ4n) is 1.84. The van der Waals surface area contributed by atoms with Crippen LogP contribution in [0.5, 0.6) is 0 Å². The fourth-order valence-corrected chi connectivity index (χ4v) is 1.84. The average molecular weight is 188 g/mol. The Morgan fingerprint density at radius 2 is 2.29 bits per heavy atom. The smallest absolute Gasteiger partial charge is 0.0781 e. The van der Waals surface area contributed by atoms with Gasteiger partial charge in [-0.25, -0.2) is 0 Å². The van der Waals surface area contributed by atoms with Crippen molar-refractivity contribution in [2.45, 2.75) is 18.6 Å². The Labute approximate surface area is 83.1 Å². The van der Waals surface area contributed by atoms with Crippen molar-refractivity contribution in [3.63, 3.8) is 0 Å². The van der Waals surface area contributed by atoms with Crippen LogP contribution in [0, 0.1) is 11.3 Å². The number of nitrogens with zero attached hydrogens (tertiary/aromatic N) is 1. The number of fused-ring (bicyclic) bond motifs is 1. The second kappa shape index (κ2) is 3.41. The van der Waals surface area contributed by atoms with Crippen molar-refractivity contribution in [2.75, 3.05) is 6.61 Å². The highest BCUT2D eigenvalue weighted by atomic mass is 16.5. The van der Waals surface area contributed by atoms with Gasteiger partial charge in [-0.1, -0.05) is 24.3 Å². The normalized spacial score (nSPS) is 25.1. The van der Waals surface area contributed by atoms with Gasteiger partial charge in [-0.15, -0.1) is 0 Å². The Morgan fingerprint density at radius 3 is 3.07 bits per heavy atom. The van der Waals surface area contributed by atoms with Crippen LogP contribution in [0.1, 0.15) is 17.5 Å². The molecule has 1 aliphatic heterocycles. The van der Waals surface area contributed by atoms with Crippen molar-refractivity contribution < 1.29 is 4.74 Å². The minimum Gasteiger partial charge on any atom is -0.374 e. The molecule has 3 nitrogen and oxygen atoms in total. The predicted octanol–water partition coefficient (Wildman–Crippen LogP) is 1.28. The van der Waals surface area contributed by atoms with Gasteiger partial charge >= 0.3 is 0 Å². The maximum absolute atomic E-state index is 8.72. The zero-order chi connectivity index (χ0) is 10.0. The Morgan fingerprint density at radius 1 is 1.50 bits per heavy atom. The number of nitriles is 1. The Hall–Kier alpha value is -1.37. The third-order valence-electron chi connectivity index (χ3n) is 2.57. The quantitative estimate of drug-likeness (QED) is 0.722. The predicted molar refractivity (Wildman–Crippen MR) is 52.2 cm³/mol. The number of nitrogens with two attached hydrogens (primary N) is 1. The molecule has 0 aromatic heterocycles. The maximum atomic E-state index is 8.72. The van der Waals surface area contributed by atoms with E-state index in [0.717, 1.165) is 11.1 Å². The third-order valence-corrected chi connectivity index (χ3v) is 2.57. The lowest BCUT2D eigenvalue weighted by molar-refractivity contribution is 0.0545. The fraction of sp³-hybridized carbons (Fsp3) is 0.364. The van der Waals surface area contributed by atoms with E-state index < -0.39 is 5.54 Å². The van der Waals surface area contributed by atoms with E-state index in [0.29, 0.717) is 19.6 Å². The molecular weight excluding hydrogens is 176 g/mol. The van der Waals surface area contributed by atoms with E-state index >= 15 is 0 Å². The standard InChI is InChI=1S/C11H12N2O/c12-6-5-11(13)8-14-7-9-3-1-2-4-10(9)11/h1-4H,5,7-8,13H2. The van der Waals surface area contributed by atoms with E-state index in [9.17, 15) is 0 Å². The van der Waals surface area contributed by atoms with E-state index in [1.807, 2.05) is 24.3 Å². The lowest BCUT2D eigenvalue weighted by atomic mass is 9.84. The van der Waals surface area contributed by atoms with Crippen molar-refractivity contribution in [3.8, 4) is 6.07 Å². The highest BCUT2D eigenvalue weighted by Gasteiger charge is 2.32. The van der Waals surface area contributed by atoms with E-state index in [2.05, 4.69) is 6.07 Å². The lowest BCUT2D eigenvalue weighted by Crippen LogP contribution is -2.44. The van der Waals surface area contributed by atoms with Crippen molar-refractivity contribution >= 4 is 0 Å². The van der Waals surface area contributed by atoms with E-state index in [-0.39, 0.29) is 0 Å². The molecule has 72 valence electrons. The van der Waals surface area contributed by atoms with Gasteiger partial charge in [0.2, 0.25) is 0 Å². The van der Waals surface area contributed by atoms with Gasteiger partial charge in [-0.2, -0.15) is 5.26 Å². The van der Waals surface area contributed by atoms with Crippen LogP contribution in [0.4, 0.5) is 0 Å². The second-order valence-corrected chi connectivity index (χ2v) is 3.64. The minimum absolute atomic E-state index is 0.296. The van der Waals surface area contributed by atoms with Crippen molar-refractivity contribution in [2.24, 2.45) is 5.73 Å². The van der Waals surface area contributed by atoms with Gasteiger partial charge in [0.05, 0.1) is 31.2 Å². The van der Waals surface area contributed by atoms with Crippen LogP contribution in [0.2, 0.25) is 0 Å². The Bertz CT molecular complexity index is 383. The summed E-state index contributed by atoms with van der Waals surface area (Å²) >= 11 is 0. The Kier molecular flexibility index (Phi) is 2.24. The van der Waals surface area contributed by atoms with Crippen LogP contribution in [0.3, 0.4) is 0 Å². The molecule has 0 radical (unpaired) electrons. The summed E-state index contributed by atoms with van der Waals surface area (Å²) in [6, 6.07) is 9.99. The molecule has 1 unspecified atom stereocenters. The molecule has 0 saturated heterocycles. The first kappa shape index (κ1) is 9.20. The SMILES string of the molecule is N#CCC1(N)COCc2ccccc21. The van der Waals surface area contributed by atoms with Crippen LogP contribution in [-0.2, 0) is 16.9 Å². The molecule has 0 amide bonds. The molecule has 0 spiro atoms. The summed E-state index contributed by atoms with van der Waals surface area (Å²) in [7, 11) is 0. The van der Waals surface area contributed by atoms with Crippen LogP contribution in [0.15, 0.2) is 24.3 Å². The molecule has 1 aromatic rings. The summed E-state index contributed by atoms with van der Waals surface area (Å²) in [5.74, 6) is 0. The topological polar surface area (TPSA) is 59.0 Å². The number of hydrogen-bond donors (Lipinski definition) is 1. The molecule has 0 fully saturated rings. The zero-order valence-electron chi connectivity index (χ0n) is 7.86. The minimum atomic E-state index is -0.621. The van der Waals surface area contributed by atoms with Gasteiger partial charge in [0.25, 0.3) is 0 Å². The maximum Gasteiger partial charge on any atom is 0.0781 e. The largest absolute Gasteiger partial charge is 0.374 e. The van der Waals surface area contributed by atoms with Gasteiger partial charge in [-0.3, -0.25) is 0 Å². The lowest BCUT2D eigenvalue weighted by Gasteiger charge is -2.33. The van der Waals surface area contributed by atoms with E-state index in [1.54, 1.807) is 0 Å². The molecule has 0 bridgehead atoms.